The molecule has 1 unspecified atom stereocenters. The van der Waals surface area contributed by atoms with E-state index in [1.807, 2.05) is 13.8 Å². The Kier molecular flexibility index (Phi) is 7.09. The molecule has 152 valence electrons. The molecule has 1 aromatic heterocycles. The van der Waals surface area contributed by atoms with Crippen LogP contribution >= 0.6 is 0 Å². The minimum atomic E-state index is 0.442. The number of fused-ring (bicyclic) bond motifs is 1. The molecule has 2 N–H and O–H groups in total. The van der Waals surface area contributed by atoms with E-state index < -0.39 is 0 Å². The van der Waals surface area contributed by atoms with Gasteiger partial charge in [0.15, 0.2) is 5.96 Å². The van der Waals surface area contributed by atoms with Crippen molar-refractivity contribution in [2.45, 2.75) is 59.7 Å². The summed E-state index contributed by atoms with van der Waals surface area (Å²) in [6.07, 6.45) is 2.23. The Morgan fingerprint density at radius 2 is 2.00 bits per heavy atom. The van der Waals surface area contributed by atoms with Crippen molar-refractivity contribution in [2.24, 2.45) is 4.99 Å². The smallest absolute Gasteiger partial charge is 0.216 e. The molecule has 0 bridgehead atoms. The van der Waals surface area contributed by atoms with E-state index in [4.69, 9.17) is 4.42 Å². The van der Waals surface area contributed by atoms with E-state index in [2.05, 4.69) is 63.6 Å². The van der Waals surface area contributed by atoms with Crippen molar-refractivity contribution in [2.75, 3.05) is 19.6 Å². The van der Waals surface area contributed by atoms with Crippen molar-refractivity contribution in [3.63, 3.8) is 0 Å². The third kappa shape index (κ3) is 5.13. The number of hydrogen-bond donors (Lipinski definition) is 2. The lowest BCUT2D eigenvalue weighted by Gasteiger charge is -2.35. The van der Waals surface area contributed by atoms with Crippen molar-refractivity contribution >= 4 is 5.96 Å². The second kappa shape index (κ2) is 9.73. The zero-order valence-corrected chi connectivity index (χ0v) is 17.6. The first-order valence-corrected chi connectivity index (χ1v) is 10.4. The van der Waals surface area contributed by atoms with Crippen LogP contribution in [0.15, 0.2) is 33.7 Å². The topological polar surface area (TPSA) is 65.7 Å². The van der Waals surface area contributed by atoms with E-state index in [0.29, 0.717) is 18.5 Å². The molecule has 0 aliphatic carbocycles. The Labute approximate surface area is 168 Å². The summed E-state index contributed by atoms with van der Waals surface area (Å²) >= 11 is 0. The minimum Gasteiger partial charge on any atom is -0.444 e. The molecule has 0 spiro atoms. The van der Waals surface area contributed by atoms with Crippen LogP contribution in [0.25, 0.3) is 0 Å². The zero-order valence-electron chi connectivity index (χ0n) is 17.6. The van der Waals surface area contributed by atoms with Crippen LogP contribution in [0.3, 0.4) is 0 Å². The van der Waals surface area contributed by atoms with Gasteiger partial charge in [-0.2, -0.15) is 0 Å². The summed E-state index contributed by atoms with van der Waals surface area (Å²) in [6.45, 7) is 12.5. The van der Waals surface area contributed by atoms with Gasteiger partial charge in [0.2, 0.25) is 5.89 Å². The van der Waals surface area contributed by atoms with Gasteiger partial charge in [-0.05, 0) is 44.7 Å². The van der Waals surface area contributed by atoms with Gasteiger partial charge in [0.25, 0.3) is 0 Å². The van der Waals surface area contributed by atoms with Gasteiger partial charge in [-0.25, -0.2) is 9.98 Å². The molecule has 0 radical (unpaired) electrons. The molecule has 1 atom stereocenters. The Balaban J connectivity index is 1.59. The predicted molar refractivity (Wildman–Crippen MR) is 113 cm³/mol. The van der Waals surface area contributed by atoms with Gasteiger partial charge in [0.1, 0.15) is 12.3 Å². The number of aromatic nitrogens is 1. The van der Waals surface area contributed by atoms with Crippen molar-refractivity contribution in [3.05, 3.63) is 52.7 Å². The van der Waals surface area contributed by atoms with Gasteiger partial charge in [0, 0.05) is 32.2 Å². The maximum absolute atomic E-state index is 5.64. The molecule has 1 aliphatic heterocycles. The number of nitrogens with zero attached hydrogens (tertiary/aromatic N) is 3. The number of nitrogens with one attached hydrogen (secondary N) is 2. The van der Waals surface area contributed by atoms with Gasteiger partial charge >= 0.3 is 0 Å². The van der Waals surface area contributed by atoms with E-state index in [-0.39, 0.29) is 0 Å². The average molecular weight is 384 g/mol. The van der Waals surface area contributed by atoms with Crippen LogP contribution in [0.1, 0.15) is 48.7 Å². The summed E-state index contributed by atoms with van der Waals surface area (Å²) in [7, 11) is 0. The van der Waals surface area contributed by atoms with E-state index in [1.165, 1.54) is 11.1 Å². The maximum Gasteiger partial charge on any atom is 0.216 e. The normalized spacial score (nSPS) is 15.9. The molecule has 1 aromatic carbocycles. The highest BCUT2D eigenvalue weighted by molar-refractivity contribution is 5.79. The molecule has 1 aliphatic rings. The van der Waals surface area contributed by atoms with Crippen LogP contribution in [-0.4, -0.2) is 41.5 Å². The summed E-state index contributed by atoms with van der Waals surface area (Å²) < 4.78 is 5.64. The van der Waals surface area contributed by atoms with Gasteiger partial charge in [-0.3, -0.25) is 4.90 Å². The van der Waals surface area contributed by atoms with Gasteiger partial charge < -0.3 is 15.1 Å². The summed E-state index contributed by atoms with van der Waals surface area (Å²) in [6, 6.07) is 9.28. The lowest BCUT2D eigenvalue weighted by molar-refractivity contribution is 0.174. The van der Waals surface area contributed by atoms with Crippen LogP contribution in [0.2, 0.25) is 0 Å². The van der Waals surface area contributed by atoms with Gasteiger partial charge in [-0.1, -0.05) is 31.2 Å². The van der Waals surface area contributed by atoms with Crippen molar-refractivity contribution < 1.29 is 4.42 Å². The Morgan fingerprint density at radius 3 is 2.68 bits per heavy atom. The highest BCUT2D eigenvalue weighted by atomic mass is 16.4. The minimum absolute atomic E-state index is 0.442. The first-order chi connectivity index (χ1) is 13.6. The number of aliphatic imine (C=N–C) groups is 1. The molecule has 3 rings (SSSR count). The zero-order chi connectivity index (χ0) is 19.9. The number of aryl methyl sites for hydroxylation is 2. The molecule has 0 fully saturated rings. The molecular formula is C22H33N5O. The van der Waals surface area contributed by atoms with Crippen LogP contribution in [0.5, 0.6) is 0 Å². The molecule has 2 aromatic rings. The SMILES string of the molecule is CCNC(=NCc1nc(C)c(C)o1)NCC(CC)N1CCc2ccccc2C1. The number of oxazole rings is 1. The van der Waals surface area contributed by atoms with Gasteiger partial charge in [-0.15, -0.1) is 0 Å². The second-order valence-electron chi connectivity index (χ2n) is 7.38. The van der Waals surface area contributed by atoms with E-state index in [0.717, 1.165) is 56.4 Å². The quantitative estimate of drug-likeness (QED) is 0.568. The maximum atomic E-state index is 5.64. The van der Waals surface area contributed by atoms with E-state index in [1.54, 1.807) is 0 Å². The molecule has 6 nitrogen and oxygen atoms in total. The summed E-state index contributed by atoms with van der Waals surface area (Å²) in [4.78, 5) is 11.6. The number of guanidine groups is 1. The largest absolute Gasteiger partial charge is 0.444 e. The molecular weight excluding hydrogens is 350 g/mol. The van der Waals surface area contributed by atoms with Crippen molar-refractivity contribution in [1.29, 1.82) is 0 Å². The number of rotatable bonds is 7. The highest BCUT2D eigenvalue weighted by Gasteiger charge is 2.22. The molecule has 0 saturated heterocycles. The van der Waals surface area contributed by atoms with Crippen LogP contribution in [0, 0.1) is 13.8 Å². The molecule has 0 amide bonds. The first kappa shape index (κ1) is 20.4. The molecule has 0 saturated carbocycles. The lowest BCUT2D eigenvalue weighted by Crippen LogP contribution is -2.48. The van der Waals surface area contributed by atoms with Crippen molar-refractivity contribution in [1.82, 2.24) is 20.5 Å². The van der Waals surface area contributed by atoms with Crippen LogP contribution in [-0.2, 0) is 19.5 Å². The molecule has 2 heterocycles. The van der Waals surface area contributed by atoms with Crippen molar-refractivity contribution in [3.8, 4) is 0 Å². The predicted octanol–water partition coefficient (Wildman–Crippen LogP) is 3.18. The van der Waals surface area contributed by atoms with E-state index >= 15 is 0 Å². The molecule has 28 heavy (non-hydrogen) atoms. The number of benzene rings is 1. The third-order valence-electron chi connectivity index (χ3n) is 5.44. The van der Waals surface area contributed by atoms with Crippen LogP contribution < -0.4 is 10.6 Å². The first-order valence-electron chi connectivity index (χ1n) is 10.4. The summed E-state index contributed by atoms with van der Waals surface area (Å²) in [5, 5.41) is 6.84. The summed E-state index contributed by atoms with van der Waals surface area (Å²) in [5.74, 6) is 2.33. The third-order valence-corrected chi connectivity index (χ3v) is 5.44. The Morgan fingerprint density at radius 1 is 1.21 bits per heavy atom. The fourth-order valence-corrected chi connectivity index (χ4v) is 3.67. The second-order valence-corrected chi connectivity index (χ2v) is 7.38. The van der Waals surface area contributed by atoms with E-state index in [9.17, 15) is 0 Å². The monoisotopic (exact) mass is 383 g/mol. The standard InChI is InChI=1S/C22H33N5O/c1-5-20(27-12-11-18-9-7-8-10-19(18)15-27)13-24-22(23-6-2)25-14-21-26-16(3)17(4)28-21/h7-10,20H,5-6,11-15H2,1-4H3,(H2,23,24,25). The fraction of sp³-hybridized carbons (Fsp3) is 0.545. The molecule has 6 heteroatoms. The number of hydrogen-bond acceptors (Lipinski definition) is 4. The Hall–Kier alpha value is -2.34. The van der Waals surface area contributed by atoms with Gasteiger partial charge in [0.05, 0.1) is 5.69 Å². The summed E-state index contributed by atoms with van der Waals surface area (Å²) in [5.41, 5.74) is 3.88. The lowest BCUT2D eigenvalue weighted by atomic mass is 9.98. The highest BCUT2D eigenvalue weighted by Crippen LogP contribution is 2.21. The Bertz CT molecular complexity index is 778. The van der Waals surface area contributed by atoms with Crippen LogP contribution in [0.4, 0.5) is 0 Å². The average Bonchev–Trinajstić information content (AvgIpc) is 3.03. The fourth-order valence-electron chi connectivity index (χ4n) is 3.67.